The molecule has 0 fully saturated rings. The summed E-state index contributed by atoms with van der Waals surface area (Å²) in [4.78, 5) is 0.835. The smallest absolute Gasteiger partial charge is 0.259 e. The van der Waals surface area contributed by atoms with Gasteiger partial charge in [0.25, 0.3) is 5.89 Å². The SMILES string of the molecule is CC(C)NCCc1nnc(-c2sccc2Cl)o1. The molecule has 6 heteroatoms. The number of thiophene rings is 1. The van der Waals surface area contributed by atoms with Gasteiger partial charge in [-0.15, -0.1) is 21.5 Å². The molecule has 0 aliphatic heterocycles. The van der Waals surface area contributed by atoms with E-state index in [0.29, 0.717) is 22.8 Å². The number of hydrogen-bond acceptors (Lipinski definition) is 5. The van der Waals surface area contributed by atoms with Crippen molar-refractivity contribution in [3.63, 3.8) is 0 Å². The Balaban J connectivity index is 1.99. The molecule has 0 radical (unpaired) electrons. The third kappa shape index (κ3) is 3.28. The number of rotatable bonds is 5. The molecule has 0 unspecified atom stereocenters. The van der Waals surface area contributed by atoms with Crippen LogP contribution in [0.2, 0.25) is 5.02 Å². The van der Waals surface area contributed by atoms with Crippen molar-refractivity contribution in [3.05, 3.63) is 22.4 Å². The quantitative estimate of drug-likeness (QED) is 0.908. The molecule has 2 aromatic heterocycles. The first-order valence-electron chi connectivity index (χ1n) is 5.46. The van der Waals surface area contributed by atoms with Gasteiger partial charge in [-0.25, -0.2) is 0 Å². The Morgan fingerprint density at radius 1 is 1.47 bits per heavy atom. The molecular formula is C11H14ClN3OS. The van der Waals surface area contributed by atoms with Gasteiger partial charge in [-0.05, 0) is 11.4 Å². The monoisotopic (exact) mass is 271 g/mol. The predicted molar refractivity (Wildman–Crippen MR) is 69.5 cm³/mol. The first-order chi connectivity index (χ1) is 8.16. The molecule has 2 rings (SSSR count). The molecule has 0 spiro atoms. The predicted octanol–water partition coefficient (Wildman–Crippen LogP) is 2.99. The van der Waals surface area contributed by atoms with Crippen molar-refractivity contribution < 1.29 is 4.42 Å². The Hall–Kier alpha value is -0.910. The van der Waals surface area contributed by atoms with Crippen LogP contribution in [0, 0.1) is 0 Å². The molecule has 0 aliphatic rings. The average Bonchev–Trinajstić information content (AvgIpc) is 2.86. The van der Waals surface area contributed by atoms with Crippen molar-refractivity contribution in [1.29, 1.82) is 0 Å². The lowest BCUT2D eigenvalue weighted by Crippen LogP contribution is -2.25. The van der Waals surface area contributed by atoms with Crippen molar-refractivity contribution in [1.82, 2.24) is 15.5 Å². The number of nitrogens with one attached hydrogen (secondary N) is 1. The molecule has 4 nitrogen and oxygen atoms in total. The van der Waals surface area contributed by atoms with E-state index >= 15 is 0 Å². The Morgan fingerprint density at radius 3 is 2.94 bits per heavy atom. The van der Waals surface area contributed by atoms with Gasteiger partial charge in [-0.3, -0.25) is 0 Å². The molecule has 2 aromatic rings. The lowest BCUT2D eigenvalue weighted by Gasteiger charge is -2.04. The zero-order valence-corrected chi connectivity index (χ0v) is 11.3. The van der Waals surface area contributed by atoms with E-state index < -0.39 is 0 Å². The molecule has 2 heterocycles. The fourth-order valence-corrected chi connectivity index (χ4v) is 2.42. The highest BCUT2D eigenvalue weighted by molar-refractivity contribution is 7.14. The van der Waals surface area contributed by atoms with Crippen molar-refractivity contribution >= 4 is 22.9 Å². The Morgan fingerprint density at radius 2 is 2.29 bits per heavy atom. The molecule has 1 N–H and O–H groups in total. The first-order valence-corrected chi connectivity index (χ1v) is 6.71. The van der Waals surface area contributed by atoms with Gasteiger partial charge >= 0.3 is 0 Å². The topological polar surface area (TPSA) is 51.0 Å². The van der Waals surface area contributed by atoms with Crippen LogP contribution in [0.4, 0.5) is 0 Å². The van der Waals surface area contributed by atoms with Crippen LogP contribution in [0.3, 0.4) is 0 Å². The zero-order chi connectivity index (χ0) is 12.3. The van der Waals surface area contributed by atoms with Crippen molar-refractivity contribution in [3.8, 4) is 10.8 Å². The molecule has 0 saturated heterocycles. The summed E-state index contributed by atoms with van der Waals surface area (Å²) in [7, 11) is 0. The first kappa shape index (κ1) is 12.5. The molecule has 0 aromatic carbocycles. The number of aromatic nitrogens is 2. The second-order valence-corrected chi connectivity index (χ2v) is 5.28. The summed E-state index contributed by atoms with van der Waals surface area (Å²) in [6.45, 7) is 5.03. The van der Waals surface area contributed by atoms with Crippen LogP contribution in [0.5, 0.6) is 0 Å². The van der Waals surface area contributed by atoms with E-state index in [2.05, 4.69) is 29.4 Å². The van der Waals surface area contributed by atoms with E-state index in [1.807, 2.05) is 11.4 Å². The molecule has 0 saturated carbocycles. The van der Waals surface area contributed by atoms with E-state index in [1.54, 1.807) is 0 Å². The number of hydrogen-bond donors (Lipinski definition) is 1. The van der Waals surface area contributed by atoms with Crippen LogP contribution in [0.25, 0.3) is 10.8 Å². The fourth-order valence-electron chi connectivity index (χ4n) is 1.36. The maximum Gasteiger partial charge on any atom is 0.259 e. The summed E-state index contributed by atoms with van der Waals surface area (Å²) in [5, 5.41) is 13.9. The minimum atomic E-state index is 0.462. The summed E-state index contributed by atoms with van der Waals surface area (Å²) in [6.07, 6.45) is 0.730. The Kier molecular flexibility index (Phi) is 4.15. The van der Waals surface area contributed by atoms with Crippen LogP contribution in [-0.4, -0.2) is 22.8 Å². The fraction of sp³-hybridized carbons (Fsp3) is 0.455. The van der Waals surface area contributed by atoms with E-state index in [-0.39, 0.29) is 0 Å². The van der Waals surface area contributed by atoms with E-state index in [0.717, 1.165) is 17.8 Å². The van der Waals surface area contributed by atoms with Crippen molar-refractivity contribution in [2.24, 2.45) is 0 Å². The standard InChI is InChI=1S/C11H14ClN3OS/c1-7(2)13-5-3-9-14-15-11(16-9)10-8(12)4-6-17-10/h4,6-7,13H,3,5H2,1-2H3. The minimum Gasteiger partial charge on any atom is -0.420 e. The highest BCUT2D eigenvalue weighted by atomic mass is 35.5. The molecule has 92 valence electrons. The molecule has 0 bridgehead atoms. The van der Waals surface area contributed by atoms with Crippen LogP contribution in [0.1, 0.15) is 19.7 Å². The second-order valence-electron chi connectivity index (χ2n) is 3.96. The van der Waals surface area contributed by atoms with Crippen LogP contribution in [-0.2, 0) is 6.42 Å². The van der Waals surface area contributed by atoms with Crippen LogP contribution in [0.15, 0.2) is 15.9 Å². The molecule has 0 atom stereocenters. The zero-order valence-electron chi connectivity index (χ0n) is 9.74. The van der Waals surface area contributed by atoms with E-state index in [4.69, 9.17) is 16.0 Å². The van der Waals surface area contributed by atoms with Crippen molar-refractivity contribution in [2.45, 2.75) is 26.3 Å². The van der Waals surface area contributed by atoms with E-state index in [1.165, 1.54) is 11.3 Å². The molecule has 0 amide bonds. The van der Waals surface area contributed by atoms with Crippen LogP contribution >= 0.6 is 22.9 Å². The highest BCUT2D eigenvalue weighted by Gasteiger charge is 2.12. The summed E-state index contributed by atoms with van der Waals surface area (Å²) in [5.41, 5.74) is 0. The minimum absolute atomic E-state index is 0.462. The maximum absolute atomic E-state index is 6.00. The third-order valence-electron chi connectivity index (χ3n) is 2.17. The second kappa shape index (κ2) is 5.62. The normalized spacial score (nSPS) is 11.3. The lowest BCUT2D eigenvalue weighted by atomic mass is 10.3. The number of nitrogens with zero attached hydrogens (tertiary/aromatic N) is 2. The summed E-state index contributed by atoms with van der Waals surface area (Å²) >= 11 is 7.50. The maximum atomic E-state index is 6.00. The molecule has 17 heavy (non-hydrogen) atoms. The van der Waals surface area contributed by atoms with Gasteiger partial charge in [0, 0.05) is 19.0 Å². The lowest BCUT2D eigenvalue weighted by molar-refractivity contribution is 0.485. The third-order valence-corrected chi connectivity index (χ3v) is 3.50. The Labute approximate surface area is 109 Å². The van der Waals surface area contributed by atoms with Crippen LogP contribution < -0.4 is 5.32 Å². The summed E-state index contributed by atoms with van der Waals surface area (Å²) in [5.74, 6) is 1.14. The average molecular weight is 272 g/mol. The largest absolute Gasteiger partial charge is 0.420 e. The van der Waals surface area contributed by atoms with Gasteiger partial charge in [-0.2, -0.15) is 0 Å². The van der Waals surface area contributed by atoms with Crippen molar-refractivity contribution in [2.75, 3.05) is 6.54 Å². The van der Waals surface area contributed by atoms with Gasteiger partial charge in [0.2, 0.25) is 5.89 Å². The summed E-state index contributed by atoms with van der Waals surface area (Å²) in [6, 6.07) is 2.29. The van der Waals surface area contributed by atoms with Gasteiger partial charge in [0.15, 0.2) is 0 Å². The number of halogens is 1. The van der Waals surface area contributed by atoms with Gasteiger partial charge in [-0.1, -0.05) is 25.4 Å². The summed E-state index contributed by atoms with van der Waals surface area (Å²) < 4.78 is 5.55. The van der Waals surface area contributed by atoms with E-state index in [9.17, 15) is 0 Å². The van der Waals surface area contributed by atoms with Gasteiger partial charge < -0.3 is 9.73 Å². The molecular weight excluding hydrogens is 258 g/mol. The Bertz CT molecular complexity index is 481. The van der Waals surface area contributed by atoms with Gasteiger partial charge in [0.05, 0.1) is 5.02 Å². The van der Waals surface area contributed by atoms with Gasteiger partial charge in [0.1, 0.15) is 4.88 Å². The highest BCUT2D eigenvalue weighted by Crippen LogP contribution is 2.31. The molecule has 0 aliphatic carbocycles.